The van der Waals surface area contributed by atoms with Gasteiger partial charge in [-0.3, -0.25) is 9.82 Å². The largest absolute Gasteiger partial charge is 0.398 e. The molecule has 0 unspecified atom stereocenters. The maximum atomic E-state index is 13.7. The smallest absolute Gasteiger partial charge is 0.266 e. The predicted molar refractivity (Wildman–Crippen MR) is 64.9 cm³/mol. The molecule has 0 fully saturated rings. The van der Waals surface area contributed by atoms with Crippen molar-refractivity contribution in [3.63, 3.8) is 0 Å². The van der Waals surface area contributed by atoms with Crippen molar-refractivity contribution < 1.29 is 12.8 Å². The normalized spacial score (nSPS) is 11.4. The number of H-pyrrole nitrogens is 1. The summed E-state index contributed by atoms with van der Waals surface area (Å²) in [4.78, 5) is -0.500. The van der Waals surface area contributed by atoms with Gasteiger partial charge in [-0.1, -0.05) is 0 Å². The lowest BCUT2D eigenvalue weighted by Gasteiger charge is -2.09. The number of benzene rings is 1. The number of aromatic amines is 1. The second-order valence-electron chi connectivity index (χ2n) is 3.72. The van der Waals surface area contributed by atoms with Gasteiger partial charge >= 0.3 is 0 Å². The van der Waals surface area contributed by atoms with Crippen LogP contribution in [0.25, 0.3) is 0 Å². The maximum Gasteiger partial charge on any atom is 0.266 e. The zero-order valence-electron chi connectivity index (χ0n) is 9.44. The fraction of sp³-hybridized carbons (Fsp3) is 0.100. The number of nitrogens with two attached hydrogens (primary N) is 1. The molecule has 6 nitrogen and oxygen atoms in total. The van der Waals surface area contributed by atoms with Crippen LogP contribution in [0.3, 0.4) is 0 Å². The number of nitrogens with zero attached hydrogens (tertiary/aromatic N) is 1. The zero-order valence-corrected chi connectivity index (χ0v) is 10.3. The van der Waals surface area contributed by atoms with Crippen molar-refractivity contribution in [2.45, 2.75) is 11.8 Å². The third-order valence-electron chi connectivity index (χ3n) is 2.36. The summed E-state index contributed by atoms with van der Waals surface area (Å²) in [7, 11) is -4.03. The van der Waals surface area contributed by atoms with Crippen molar-refractivity contribution in [2.75, 3.05) is 10.5 Å². The Morgan fingerprint density at radius 1 is 1.44 bits per heavy atom. The Morgan fingerprint density at radius 3 is 2.78 bits per heavy atom. The average Bonchev–Trinajstić information content (AvgIpc) is 2.75. The van der Waals surface area contributed by atoms with Crippen LogP contribution in [0.2, 0.25) is 0 Å². The average molecular weight is 270 g/mol. The molecule has 18 heavy (non-hydrogen) atoms. The predicted octanol–water partition coefficient (Wildman–Crippen LogP) is 1.24. The Hall–Kier alpha value is -2.09. The summed E-state index contributed by atoms with van der Waals surface area (Å²) >= 11 is 0. The van der Waals surface area contributed by atoms with Gasteiger partial charge in [0.25, 0.3) is 10.0 Å². The summed E-state index contributed by atoms with van der Waals surface area (Å²) < 4.78 is 39.7. The van der Waals surface area contributed by atoms with E-state index in [-0.39, 0.29) is 11.5 Å². The van der Waals surface area contributed by atoms with Crippen LogP contribution in [0, 0.1) is 12.7 Å². The van der Waals surface area contributed by atoms with E-state index in [4.69, 9.17) is 5.73 Å². The molecule has 1 aromatic heterocycles. The summed E-state index contributed by atoms with van der Waals surface area (Å²) in [5, 5.41) is 6.00. The van der Waals surface area contributed by atoms with Crippen LogP contribution in [0.15, 0.2) is 29.3 Å². The third-order valence-corrected chi connectivity index (χ3v) is 3.74. The molecule has 0 atom stereocenters. The van der Waals surface area contributed by atoms with E-state index in [1.807, 2.05) is 0 Å². The van der Waals surface area contributed by atoms with Gasteiger partial charge in [-0.05, 0) is 24.6 Å². The molecular formula is C10H11FN4O2S. The molecular weight excluding hydrogens is 259 g/mol. The lowest BCUT2D eigenvalue weighted by atomic mass is 10.2. The topological polar surface area (TPSA) is 101 Å². The van der Waals surface area contributed by atoms with Crippen molar-refractivity contribution >= 4 is 21.5 Å². The lowest BCUT2D eigenvalue weighted by molar-refractivity contribution is 0.570. The number of nitrogens with one attached hydrogen (secondary N) is 2. The van der Waals surface area contributed by atoms with E-state index in [1.54, 1.807) is 6.92 Å². The Kier molecular flexibility index (Phi) is 2.95. The molecule has 2 aromatic rings. The number of hydrogen-bond donors (Lipinski definition) is 3. The minimum absolute atomic E-state index is 0.147. The van der Waals surface area contributed by atoms with Gasteiger partial charge < -0.3 is 5.73 Å². The van der Waals surface area contributed by atoms with Crippen molar-refractivity contribution in [3.05, 3.63) is 35.8 Å². The molecule has 0 bridgehead atoms. The first-order chi connectivity index (χ1) is 8.40. The van der Waals surface area contributed by atoms with Gasteiger partial charge in [0.2, 0.25) is 0 Å². The highest BCUT2D eigenvalue weighted by Gasteiger charge is 2.20. The van der Waals surface area contributed by atoms with Gasteiger partial charge in [-0.25, -0.2) is 12.8 Å². The highest BCUT2D eigenvalue weighted by atomic mass is 32.2. The van der Waals surface area contributed by atoms with E-state index in [2.05, 4.69) is 14.9 Å². The molecule has 4 N–H and O–H groups in total. The van der Waals surface area contributed by atoms with Crippen LogP contribution in [0.5, 0.6) is 0 Å². The number of sulfonamides is 1. The Labute approximate surface area is 103 Å². The molecule has 0 radical (unpaired) electrons. The summed E-state index contributed by atoms with van der Waals surface area (Å²) in [5.74, 6) is -0.706. The van der Waals surface area contributed by atoms with Crippen LogP contribution < -0.4 is 10.5 Å². The molecule has 0 aliphatic carbocycles. The summed E-state index contributed by atoms with van der Waals surface area (Å²) in [6.07, 6.45) is 1.37. The SMILES string of the molecule is Cc1cc(F)c(S(=O)(=O)Nc2ccn[nH]2)cc1N. The van der Waals surface area contributed by atoms with Crippen LogP contribution in [0.4, 0.5) is 15.9 Å². The number of anilines is 2. The molecule has 0 saturated heterocycles. The lowest BCUT2D eigenvalue weighted by Crippen LogP contribution is -2.15. The molecule has 2 rings (SSSR count). The second-order valence-corrected chi connectivity index (χ2v) is 5.37. The molecule has 0 amide bonds. The number of halogens is 1. The third kappa shape index (κ3) is 2.28. The number of aromatic nitrogens is 2. The van der Waals surface area contributed by atoms with Crippen molar-refractivity contribution in [3.8, 4) is 0 Å². The number of aryl methyl sites for hydroxylation is 1. The minimum atomic E-state index is -4.03. The second kappa shape index (κ2) is 4.30. The van der Waals surface area contributed by atoms with E-state index in [0.29, 0.717) is 5.56 Å². The minimum Gasteiger partial charge on any atom is -0.398 e. The molecule has 0 saturated carbocycles. The Morgan fingerprint density at radius 2 is 2.17 bits per heavy atom. The molecule has 8 heteroatoms. The molecule has 0 spiro atoms. The van der Waals surface area contributed by atoms with E-state index in [1.165, 1.54) is 12.3 Å². The van der Waals surface area contributed by atoms with Gasteiger partial charge in [0.15, 0.2) is 0 Å². The van der Waals surface area contributed by atoms with Crippen molar-refractivity contribution in [1.29, 1.82) is 0 Å². The van der Waals surface area contributed by atoms with E-state index >= 15 is 0 Å². The Balaban J connectivity index is 2.44. The van der Waals surface area contributed by atoms with Crippen LogP contribution >= 0.6 is 0 Å². The fourth-order valence-electron chi connectivity index (χ4n) is 1.39. The van der Waals surface area contributed by atoms with Crippen molar-refractivity contribution in [1.82, 2.24) is 10.2 Å². The quantitative estimate of drug-likeness (QED) is 0.730. The molecule has 1 aromatic carbocycles. The molecule has 0 aliphatic heterocycles. The summed E-state index contributed by atoms with van der Waals surface area (Å²) in [5.41, 5.74) is 6.27. The fourth-order valence-corrected chi connectivity index (χ4v) is 2.50. The number of nitrogen functional groups attached to an aromatic ring is 1. The van der Waals surface area contributed by atoms with E-state index in [0.717, 1.165) is 12.1 Å². The first kappa shape index (κ1) is 12.4. The number of rotatable bonds is 3. The highest BCUT2D eigenvalue weighted by Crippen LogP contribution is 2.22. The van der Waals surface area contributed by atoms with Gasteiger partial charge in [0.1, 0.15) is 16.5 Å². The highest BCUT2D eigenvalue weighted by molar-refractivity contribution is 7.92. The van der Waals surface area contributed by atoms with Gasteiger partial charge in [0.05, 0.1) is 6.20 Å². The number of hydrogen-bond acceptors (Lipinski definition) is 4. The van der Waals surface area contributed by atoms with E-state index in [9.17, 15) is 12.8 Å². The maximum absolute atomic E-state index is 13.7. The van der Waals surface area contributed by atoms with Crippen LogP contribution in [-0.4, -0.2) is 18.6 Å². The first-order valence-corrected chi connectivity index (χ1v) is 6.46. The van der Waals surface area contributed by atoms with Crippen LogP contribution in [0.1, 0.15) is 5.56 Å². The monoisotopic (exact) mass is 270 g/mol. The van der Waals surface area contributed by atoms with E-state index < -0.39 is 20.7 Å². The Bertz CT molecular complexity index is 667. The summed E-state index contributed by atoms with van der Waals surface area (Å²) in [6.45, 7) is 1.59. The molecule has 96 valence electrons. The first-order valence-electron chi connectivity index (χ1n) is 4.98. The van der Waals surface area contributed by atoms with Gasteiger partial charge in [-0.2, -0.15) is 5.10 Å². The molecule has 0 aliphatic rings. The zero-order chi connectivity index (χ0) is 13.3. The van der Waals surface area contributed by atoms with Crippen molar-refractivity contribution in [2.24, 2.45) is 0 Å². The van der Waals surface area contributed by atoms with Crippen LogP contribution in [-0.2, 0) is 10.0 Å². The van der Waals surface area contributed by atoms with Gasteiger partial charge in [-0.15, -0.1) is 0 Å². The standard InChI is InChI=1S/C10H11FN4O2S/c1-6-4-7(11)9(5-8(6)12)18(16,17)15-10-2-3-13-14-10/h2-5H,12H2,1H3,(H2,13,14,15). The van der Waals surface area contributed by atoms with Gasteiger partial charge in [0, 0.05) is 11.8 Å². The summed E-state index contributed by atoms with van der Waals surface area (Å²) in [6, 6.07) is 3.58. The molecule has 1 heterocycles.